The minimum absolute atomic E-state index is 0.545. The van der Waals surface area contributed by atoms with Gasteiger partial charge in [-0.15, -0.1) is 0 Å². The van der Waals surface area contributed by atoms with Gasteiger partial charge in [0.15, 0.2) is 0 Å². The van der Waals surface area contributed by atoms with Crippen molar-refractivity contribution in [3.05, 3.63) is 0 Å². The van der Waals surface area contributed by atoms with Crippen molar-refractivity contribution in [2.75, 3.05) is 6.54 Å². The van der Waals surface area contributed by atoms with Crippen molar-refractivity contribution in [2.45, 2.75) is 193 Å². The van der Waals surface area contributed by atoms with E-state index in [9.17, 15) is 9.90 Å². The minimum atomic E-state index is -0.820. The molecule has 40 heavy (non-hydrogen) atoms. The van der Waals surface area contributed by atoms with Crippen LogP contribution in [0.3, 0.4) is 0 Å². The Kier molecular flexibility index (Phi) is 29.4. The lowest BCUT2D eigenvalue weighted by molar-refractivity contribution is -0.141. The number of hydrogen-bond donors (Lipinski definition) is 2. The van der Waals surface area contributed by atoms with Crippen LogP contribution in [-0.4, -0.2) is 38.5 Å². The summed E-state index contributed by atoms with van der Waals surface area (Å²) in [5.41, 5.74) is 5.68. The molecule has 0 radical (unpaired) electrons. The van der Waals surface area contributed by atoms with Crippen LogP contribution in [0, 0.1) is 0 Å². The molecule has 0 aromatic rings. The van der Waals surface area contributed by atoms with Gasteiger partial charge in [0.25, 0.3) is 0 Å². The van der Waals surface area contributed by atoms with E-state index in [4.69, 9.17) is 30.2 Å². The van der Waals surface area contributed by atoms with Crippen LogP contribution < -0.4 is 5.73 Å². The van der Waals surface area contributed by atoms with E-state index in [-0.39, 0.29) is 0 Å². The summed E-state index contributed by atoms with van der Waals surface area (Å²) in [6, 6.07) is -0.660. The second-order valence-electron chi connectivity index (χ2n) is 11.9. The average Bonchev–Trinajstić information content (AvgIpc) is 2.94. The molecule has 0 aliphatic heterocycles. The van der Waals surface area contributed by atoms with E-state index in [1.54, 1.807) is 0 Å². The maximum absolute atomic E-state index is 12.3. The third kappa shape index (κ3) is 23.0. The van der Waals surface area contributed by atoms with E-state index in [1.165, 1.54) is 116 Å². The normalized spacial score (nSPS) is 12.0. The second-order valence-corrected chi connectivity index (χ2v) is 12.8. The number of aliphatic carboxylic acids is 1. The van der Waals surface area contributed by atoms with Crippen molar-refractivity contribution in [3.8, 4) is 0 Å². The highest BCUT2D eigenvalue weighted by Crippen LogP contribution is 2.20. The summed E-state index contributed by atoms with van der Waals surface area (Å²) in [4.78, 5) is 15.6. The van der Waals surface area contributed by atoms with Crippen LogP contribution in [0.2, 0.25) is 0 Å². The van der Waals surface area contributed by atoms with E-state index in [0.29, 0.717) is 13.0 Å². The summed E-state index contributed by atoms with van der Waals surface area (Å²) < 4.78 is 0. The fourth-order valence-corrected chi connectivity index (χ4v) is 6.27. The first-order valence-corrected chi connectivity index (χ1v) is 18.1. The molecule has 0 saturated carbocycles. The Morgan fingerprint density at radius 1 is 0.575 bits per heavy atom. The lowest BCUT2D eigenvalue weighted by atomic mass is 10.0. The first-order valence-electron chi connectivity index (χ1n) is 17.3. The molecule has 0 amide bonds. The van der Waals surface area contributed by atoms with Gasteiger partial charge in [0.05, 0.1) is 9.98 Å². The third-order valence-corrected chi connectivity index (χ3v) is 8.86. The quantitative estimate of drug-likeness (QED) is 0.0633. The Labute approximate surface area is 260 Å². The van der Waals surface area contributed by atoms with Gasteiger partial charge in [-0.2, -0.15) is 0 Å². The van der Waals surface area contributed by atoms with Crippen molar-refractivity contribution < 1.29 is 9.90 Å². The van der Waals surface area contributed by atoms with Gasteiger partial charge >= 0.3 is 5.97 Å². The Morgan fingerprint density at radius 2 is 0.900 bits per heavy atom. The molecule has 0 saturated heterocycles. The van der Waals surface area contributed by atoms with Gasteiger partial charge in [0.2, 0.25) is 0 Å². The van der Waals surface area contributed by atoms with Crippen molar-refractivity contribution in [3.63, 3.8) is 0 Å². The summed E-state index contributed by atoms with van der Waals surface area (Å²) in [6.45, 7) is 5.11. The monoisotopic (exact) mass is 598 g/mol. The lowest BCUT2D eigenvalue weighted by Gasteiger charge is -2.32. The van der Waals surface area contributed by atoms with Gasteiger partial charge in [-0.3, -0.25) is 0 Å². The Bertz CT molecular complexity index is 577. The van der Waals surface area contributed by atoms with Crippen LogP contribution in [0.1, 0.15) is 187 Å². The molecule has 0 aromatic heterocycles. The smallest absolute Gasteiger partial charge is 0.326 e. The van der Waals surface area contributed by atoms with E-state index in [1.807, 2.05) is 4.90 Å². The second kappa shape index (κ2) is 29.9. The largest absolute Gasteiger partial charge is 0.480 e. The number of carboxylic acid groups (broad SMARTS) is 1. The summed E-state index contributed by atoms with van der Waals surface area (Å²) in [7, 11) is 0. The number of unbranched alkanes of at least 4 members (excludes halogenated alkanes) is 21. The molecular formula is C34H66N2O2S2. The zero-order valence-corrected chi connectivity index (χ0v) is 28.2. The zero-order chi connectivity index (χ0) is 29.7. The van der Waals surface area contributed by atoms with Gasteiger partial charge in [0.1, 0.15) is 6.04 Å². The average molecular weight is 599 g/mol. The number of thiocarbonyl (C=S) groups is 2. The lowest BCUT2D eigenvalue weighted by Crippen LogP contribution is -2.47. The van der Waals surface area contributed by atoms with E-state index < -0.39 is 12.0 Å². The Morgan fingerprint density at radius 3 is 1.20 bits per heavy atom. The number of carboxylic acids is 1. The third-order valence-electron chi connectivity index (χ3n) is 8.05. The number of hydrogen-bond acceptors (Lipinski definition) is 4. The summed E-state index contributed by atoms with van der Waals surface area (Å²) in [5, 5.41) is 10.1. The highest BCUT2D eigenvalue weighted by atomic mass is 32.1. The SMILES string of the molecule is CCCCCCCCCCCCCC(=S)N(C(=S)CCCCCCCCCCCCC)[C@@H](CCCCN)C(=O)O. The molecule has 0 bridgehead atoms. The molecule has 0 aliphatic carbocycles. The predicted octanol–water partition coefficient (Wildman–Crippen LogP) is 10.9. The van der Waals surface area contributed by atoms with Gasteiger partial charge < -0.3 is 15.7 Å². The molecule has 0 heterocycles. The molecule has 4 nitrogen and oxygen atoms in total. The van der Waals surface area contributed by atoms with Gasteiger partial charge in [-0.1, -0.05) is 167 Å². The molecule has 3 N–H and O–H groups in total. The summed E-state index contributed by atoms with van der Waals surface area (Å²) in [6.07, 6.45) is 32.1. The van der Waals surface area contributed by atoms with Crippen LogP contribution in [0.25, 0.3) is 0 Å². The Balaban J connectivity index is 4.49. The van der Waals surface area contributed by atoms with Crippen molar-refractivity contribution in [1.82, 2.24) is 4.90 Å². The van der Waals surface area contributed by atoms with Crippen molar-refractivity contribution in [1.29, 1.82) is 0 Å². The fraction of sp³-hybridized carbons (Fsp3) is 0.912. The first-order chi connectivity index (χ1) is 19.5. The van der Waals surface area contributed by atoms with Gasteiger partial charge in [-0.05, 0) is 51.5 Å². The standard InChI is InChI=1S/C34H66N2O2S2/c1-3-5-7-9-11-13-15-17-19-21-23-28-32(39)36(31(34(37)38)27-25-26-30-35)33(40)29-24-22-20-18-16-14-12-10-8-6-4-2/h31H,3-30,35H2,1-2H3,(H,37,38)/t31-/m0/s1. The van der Waals surface area contributed by atoms with Crippen molar-refractivity contribution in [2.24, 2.45) is 5.73 Å². The van der Waals surface area contributed by atoms with Gasteiger partial charge in [-0.25, -0.2) is 4.79 Å². The van der Waals surface area contributed by atoms with E-state index in [0.717, 1.165) is 61.3 Å². The topological polar surface area (TPSA) is 66.6 Å². The van der Waals surface area contributed by atoms with Gasteiger partial charge in [0, 0.05) is 0 Å². The van der Waals surface area contributed by atoms with E-state index >= 15 is 0 Å². The first kappa shape index (κ1) is 39.4. The summed E-state index contributed by atoms with van der Waals surface area (Å²) in [5.74, 6) is -0.820. The van der Waals surface area contributed by atoms with Crippen LogP contribution in [0.5, 0.6) is 0 Å². The molecule has 0 spiro atoms. The zero-order valence-electron chi connectivity index (χ0n) is 26.6. The van der Waals surface area contributed by atoms with Crippen LogP contribution >= 0.6 is 24.4 Å². The minimum Gasteiger partial charge on any atom is -0.480 e. The number of carbonyl (C=O) groups is 1. The van der Waals surface area contributed by atoms with Crippen LogP contribution in [0.15, 0.2) is 0 Å². The molecule has 0 unspecified atom stereocenters. The number of nitrogens with zero attached hydrogens (tertiary/aromatic N) is 1. The van der Waals surface area contributed by atoms with Crippen LogP contribution in [0.4, 0.5) is 0 Å². The molecule has 1 atom stereocenters. The summed E-state index contributed by atoms with van der Waals surface area (Å²) >= 11 is 11.7. The maximum Gasteiger partial charge on any atom is 0.326 e. The Hall–Kier alpha value is -0.590. The number of rotatable bonds is 30. The molecule has 6 heteroatoms. The molecule has 0 rings (SSSR count). The van der Waals surface area contributed by atoms with Crippen LogP contribution in [-0.2, 0) is 4.79 Å². The number of nitrogens with two attached hydrogens (primary N) is 1. The fourth-order valence-electron chi connectivity index (χ4n) is 5.45. The van der Waals surface area contributed by atoms with E-state index in [2.05, 4.69) is 13.8 Å². The molecule has 0 fully saturated rings. The molecule has 236 valence electrons. The molecular weight excluding hydrogens is 533 g/mol. The van der Waals surface area contributed by atoms with Crippen molar-refractivity contribution >= 4 is 40.4 Å². The highest BCUT2D eigenvalue weighted by molar-refractivity contribution is 7.81. The maximum atomic E-state index is 12.3. The highest BCUT2D eigenvalue weighted by Gasteiger charge is 2.29. The molecule has 0 aromatic carbocycles. The predicted molar refractivity (Wildman–Crippen MR) is 184 cm³/mol. The molecule has 0 aliphatic rings.